The first-order valence-corrected chi connectivity index (χ1v) is 28.8. The number of carbonyl (C=O) groups excluding carboxylic acids is 7. The third-order valence-electron chi connectivity index (χ3n) is 16.1. The number of methoxy groups -OCH3 is 3. The highest BCUT2D eigenvalue weighted by Gasteiger charge is 2.53. The van der Waals surface area contributed by atoms with E-state index in [4.69, 9.17) is 28.4 Å². The molecule has 4 rings (SSSR count). The smallest absolute Gasteiger partial charge is 0.408 e. The first kappa shape index (κ1) is 64.5. The SMILES string of the molecule is COC1CC2CC[C@@H](C)[C@@](O)(O2)C(=O)C(=O)N2CCCC[C@H]2C(=O)OC(C(C)CC2CC[C@@H](OC(=O)NC(CCSC)C(C)=O)C(OC)C2)CC(=O)C(C)/C=C(\C)[C@@H](O)C(OC)C(=O)[C@H](C)CC(C)/C=C/C=C/C=C/1C. The number of nitrogens with one attached hydrogen (secondary N) is 1. The number of fused-ring (bicyclic) bond motifs is 3. The van der Waals surface area contributed by atoms with Crippen LogP contribution in [0, 0.1) is 35.5 Å². The van der Waals surface area contributed by atoms with Crippen LogP contribution in [-0.2, 0) is 57.2 Å². The molecule has 18 heteroatoms. The van der Waals surface area contributed by atoms with E-state index < -0.39 is 108 Å². The van der Waals surface area contributed by atoms with Crippen LogP contribution in [0.3, 0.4) is 0 Å². The number of aliphatic hydroxyl groups is 2. The third kappa shape index (κ3) is 18.0. The molecular formula is C58H90N2O15S. The Bertz CT molecular complexity index is 2110. The minimum Gasteiger partial charge on any atom is -0.460 e. The van der Waals surface area contributed by atoms with Crippen molar-refractivity contribution in [1.82, 2.24) is 10.2 Å². The van der Waals surface area contributed by atoms with Gasteiger partial charge < -0.3 is 48.9 Å². The summed E-state index contributed by atoms with van der Waals surface area (Å²) in [5.74, 6) is -7.99. The summed E-state index contributed by atoms with van der Waals surface area (Å²) in [6, 6.07) is -1.86. The zero-order valence-corrected chi connectivity index (χ0v) is 48.1. The predicted molar refractivity (Wildman–Crippen MR) is 290 cm³/mol. The predicted octanol–water partition coefficient (Wildman–Crippen LogP) is 7.63. The van der Waals surface area contributed by atoms with Crippen molar-refractivity contribution in [2.45, 2.75) is 199 Å². The average Bonchev–Trinajstić information content (AvgIpc) is 3.39. The maximum Gasteiger partial charge on any atom is 0.408 e. The van der Waals surface area contributed by atoms with E-state index in [1.165, 1.54) is 18.9 Å². The summed E-state index contributed by atoms with van der Waals surface area (Å²) in [7, 11) is 4.48. The highest BCUT2D eigenvalue weighted by atomic mass is 32.2. The lowest BCUT2D eigenvalue weighted by Gasteiger charge is -2.42. The van der Waals surface area contributed by atoms with E-state index in [0.29, 0.717) is 82.0 Å². The molecule has 10 unspecified atom stereocenters. The van der Waals surface area contributed by atoms with E-state index >= 15 is 0 Å². The van der Waals surface area contributed by atoms with Crippen molar-refractivity contribution in [3.05, 3.63) is 47.6 Å². The van der Waals surface area contributed by atoms with Crippen molar-refractivity contribution < 1.29 is 72.2 Å². The summed E-state index contributed by atoms with van der Waals surface area (Å²) >= 11 is 1.57. The number of nitrogens with zero attached hydrogens (tertiary/aromatic N) is 1. The van der Waals surface area contributed by atoms with Crippen LogP contribution < -0.4 is 5.32 Å². The molecule has 428 valence electrons. The van der Waals surface area contributed by atoms with Gasteiger partial charge in [0.25, 0.3) is 11.7 Å². The molecule has 2 bridgehead atoms. The summed E-state index contributed by atoms with van der Waals surface area (Å²) in [4.78, 5) is 97.9. The zero-order valence-electron chi connectivity index (χ0n) is 47.3. The van der Waals surface area contributed by atoms with Crippen LogP contribution in [0.5, 0.6) is 0 Å². The Kier molecular flexibility index (Phi) is 26.2. The molecule has 4 aliphatic rings. The number of thioether (sulfide) groups is 1. The molecule has 3 fully saturated rings. The average molecular weight is 1090 g/mol. The van der Waals surface area contributed by atoms with Crippen LogP contribution in [0.15, 0.2) is 47.6 Å². The van der Waals surface area contributed by atoms with Gasteiger partial charge in [0.1, 0.15) is 36.2 Å². The van der Waals surface area contributed by atoms with E-state index in [-0.39, 0.29) is 48.6 Å². The number of rotatable bonds is 12. The van der Waals surface area contributed by atoms with E-state index in [1.54, 1.807) is 59.8 Å². The van der Waals surface area contributed by atoms with Crippen molar-refractivity contribution >= 4 is 52.9 Å². The third-order valence-corrected chi connectivity index (χ3v) is 16.7. The van der Waals surface area contributed by atoms with Gasteiger partial charge in [0.05, 0.1) is 24.4 Å². The van der Waals surface area contributed by atoms with Gasteiger partial charge >= 0.3 is 12.1 Å². The van der Waals surface area contributed by atoms with Gasteiger partial charge in [-0.3, -0.25) is 24.0 Å². The van der Waals surface area contributed by atoms with Crippen LogP contribution in [0.25, 0.3) is 0 Å². The molecule has 16 atom stereocenters. The molecular weight excluding hydrogens is 997 g/mol. The van der Waals surface area contributed by atoms with Crippen molar-refractivity contribution in [3.63, 3.8) is 0 Å². The molecule has 0 aromatic rings. The second kappa shape index (κ2) is 30.9. The van der Waals surface area contributed by atoms with E-state index in [1.807, 2.05) is 57.4 Å². The Morgan fingerprint density at radius 2 is 1.62 bits per heavy atom. The molecule has 76 heavy (non-hydrogen) atoms. The Morgan fingerprint density at radius 3 is 2.28 bits per heavy atom. The molecule has 17 nitrogen and oxygen atoms in total. The molecule has 0 aromatic carbocycles. The molecule has 1 aliphatic carbocycles. The number of hydrogen-bond donors (Lipinski definition) is 3. The van der Waals surface area contributed by atoms with Gasteiger partial charge in [-0.1, -0.05) is 71.1 Å². The fourth-order valence-corrected chi connectivity index (χ4v) is 11.6. The summed E-state index contributed by atoms with van der Waals surface area (Å²) in [6.07, 6.45) is 11.8. The number of ether oxygens (including phenoxy) is 6. The number of piperidine rings is 1. The normalized spacial score (nSPS) is 36.5. The Hall–Kier alpha value is -4.04. The minimum atomic E-state index is -2.46. The number of ketones is 4. The maximum atomic E-state index is 14.6. The minimum absolute atomic E-state index is 0.00411. The molecule has 0 aromatic heterocycles. The Morgan fingerprint density at radius 1 is 0.895 bits per heavy atom. The quantitative estimate of drug-likeness (QED) is 0.0969. The van der Waals surface area contributed by atoms with Crippen LogP contribution >= 0.6 is 11.8 Å². The lowest BCUT2D eigenvalue weighted by molar-refractivity contribution is -0.265. The standard InChI is InChI=1S/C58H90N2O15S/c1-34-18-14-13-15-19-35(2)48(70-9)32-43-23-21-40(7)58(69,75-43)54(65)55(66)60-26-17-16-20-45(60)56(67)73-49(33-46(62)36(3)29-39(6)52(64)53(72-11)51(63)38(5)28-34)37(4)30-42-22-24-47(50(31-42)71-10)74-57(68)59-44(41(8)61)25-27-76-12/h13-15,18-19,29,34,36-38,40,42-45,47-50,52-53,64,69H,16-17,20-28,30-33H2,1-12H3,(H,59,68)/b15-13+,18-14+,35-19+,39-29+/t34?,36?,37?,38-,40-,42?,43?,44?,45+,47-,48?,49?,50?,52-,53?,58-/m1/s1. The number of aliphatic hydroxyl groups excluding tert-OH is 1. The molecule has 1 saturated carbocycles. The van der Waals surface area contributed by atoms with Crippen LogP contribution in [-0.4, -0.2) is 157 Å². The summed E-state index contributed by atoms with van der Waals surface area (Å²) in [5, 5.41) is 26.3. The Labute approximate surface area is 456 Å². The maximum absolute atomic E-state index is 14.6. The van der Waals surface area contributed by atoms with Gasteiger partial charge in [-0.2, -0.15) is 11.8 Å². The number of cyclic esters (lactones) is 1. The summed E-state index contributed by atoms with van der Waals surface area (Å²) < 4.78 is 35.6. The van der Waals surface area contributed by atoms with E-state index in [2.05, 4.69) is 5.32 Å². The largest absolute Gasteiger partial charge is 0.460 e. The monoisotopic (exact) mass is 1090 g/mol. The highest BCUT2D eigenvalue weighted by Crippen LogP contribution is 2.38. The first-order chi connectivity index (χ1) is 36.0. The second-order valence-electron chi connectivity index (χ2n) is 22.1. The number of allylic oxidation sites excluding steroid dienone is 6. The Balaban J connectivity index is 1.67. The number of hydrogen-bond acceptors (Lipinski definition) is 16. The summed E-state index contributed by atoms with van der Waals surface area (Å²) in [6.45, 7) is 14.0. The van der Waals surface area contributed by atoms with Gasteiger partial charge in [0, 0.05) is 58.5 Å². The number of alkyl carbamates (subject to hydrolysis) is 1. The lowest BCUT2D eigenvalue weighted by atomic mass is 9.78. The summed E-state index contributed by atoms with van der Waals surface area (Å²) in [5.41, 5.74) is 1.22. The van der Waals surface area contributed by atoms with E-state index in [9.17, 15) is 43.8 Å². The van der Waals surface area contributed by atoms with Crippen molar-refractivity contribution in [3.8, 4) is 0 Å². The molecule has 0 spiro atoms. The fraction of sp³-hybridized carbons (Fsp3) is 0.741. The topological polar surface area (TPSA) is 231 Å². The van der Waals surface area contributed by atoms with Gasteiger partial charge in [-0.15, -0.1) is 0 Å². The number of carbonyl (C=O) groups is 7. The first-order valence-electron chi connectivity index (χ1n) is 27.4. The number of Topliss-reactive ketones (excluding diaryl/α,β-unsaturated/α-hetero) is 4. The van der Waals surface area contributed by atoms with E-state index in [0.717, 1.165) is 5.57 Å². The van der Waals surface area contributed by atoms with Crippen LogP contribution in [0.4, 0.5) is 4.79 Å². The molecule has 0 radical (unpaired) electrons. The van der Waals surface area contributed by atoms with Gasteiger partial charge in [0.15, 0.2) is 11.6 Å². The van der Waals surface area contributed by atoms with Crippen molar-refractivity contribution in [1.29, 1.82) is 0 Å². The zero-order chi connectivity index (χ0) is 56.4. The number of esters is 1. The molecule has 2 amide bonds. The molecule has 3 aliphatic heterocycles. The lowest BCUT2D eigenvalue weighted by Crippen LogP contribution is -2.61. The highest BCUT2D eigenvalue weighted by molar-refractivity contribution is 7.98. The van der Waals surface area contributed by atoms with Crippen molar-refractivity contribution in [2.75, 3.05) is 39.9 Å². The van der Waals surface area contributed by atoms with Crippen LogP contribution in [0.1, 0.15) is 139 Å². The number of amides is 2. The fourth-order valence-electron chi connectivity index (χ4n) is 11.2. The molecule has 3 N–H and O–H groups in total. The van der Waals surface area contributed by atoms with Crippen molar-refractivity contribution in [2.24, 2.45) is 35.5 Å². The molecule has 2 saturated heterocycles. The van der Waals surface area contributed by atoms with Gasteiger partial charge in [-0.05, 0) is 132 Å². The van der Waals surface area contributed by atoms with Gasteiger partial charge in [-0.25, -0.2) is 9.59 Å². The molecule has 3 heterocycles. The van der Waals surface area contributed by atoms with Crippen LogP contribution in [0.2, 0.25) is 0 Å². The second-order valence-corrected chi connectivity index (χ2v) is 23.0. The van der Waals surface area contributed by atoms with Gasteiger partial charge in [0.2, 0.25) is 5.79 Å².